The molecule has 0 bridgehead atoms. The summed E-state index contributed by atoms with van der Waals surface area (Å²) in [5.74, 6) is 0.954. The van der Waals surface area contributed by atoms with Crippen LogP contribution < -0.4 is 10.6 Å². The van der Waals surface area contributed by atoms with Gasteiger partial charge in [0.1, 0.15) is 0 Å². The van der Waals surface area contributed by atoms with Crippen molar-refractivity contribution in [2.45, 2.75) is 40.0 Å². The summed E-state index contributed by atoms with van der Waals surface area (Å²) in [6.07, 6.45) is 2.98. The van der Waals surface area contributed by atoms with Gasteiger partial charge in [0, 0.05) is 33.2 Å². The van der Waals surface area contributed by atoms with E-state index in [0.717, 1.165) is 38.3 Å². The van der Waals surface area contributed by atoms with Gasteiger partial charge in [0.2, 0.25) is 10.0 Å². The average molecular weight is 306 g/mol. The van der Waals surface area contributed by atoms with Crippen LogP contribution in [0.4, 0.5) is 0 Å². The highest BCUT2D eigenvalue weighted by Crippen LogP contribution is 1.98. The molecule has 0 aromatic rings. The summed E-state index contributed by atoms with van der Waals surface area (Å²) in [7, 11) is -1.45. The van der Waals surface area contributed by atoms with E-state index in [1.54, 1.807) is 14.0 Å². The Labute approximate surface area is 124 Å². The maximum absolute atomic E-state index is 11.6. The van der Waals surface area contributed by atoms with E-state index in [1.807, 2.05) is 6.92 Å². The number of guanidine groups is 1. The lowest BCUT2D eigenvalue weighted by molar-refractivity contribution is 0.464. The first-order valence-electron chi connectivity index (χ1n) is 7.44. The Balaban J connectivity index is 4.10. The van der Waals surface area contributed by atoms with Crippen LogP contribution in [0.25, 0.3) is 0 Å². The molecule has 0 rings (SSSR count). The molecular formula is C13H30N4O2S. The summed E-state index contributed by atoms with van der Waals surface area (Å²) < 4.78 is 24.5. The van der Waals surface area contributed by atoms with Gasteiger partial charge in [0.25, 0.3) is 0 Å². The molecule has 0 aliphatic carbocycles. The standard InChI is InChI=1S/C13H30N4O2S/c1-5-8-10-15-13(14-6-2)16-11-9-12-17(4)20(18,19)7-3/h5-12H2,1-4H3,(H2,14,15,16). The van der Waals surface area contributed by atoms with Crippen molar-refractivity contribution in [1.82, 2.24) is 14.9 Å². The molecule has 0 aromatic carbocycles. The minimum absolute atomic E-state index is 0.147. The van der Waals surface area contributed by atoms with Crippen molar-refractivity contribution in [3.63, 3.8) is 0 Å². The van der Waals surface area contributed by atoms with Gasteiger partial charge in [-0.15, -0.1) is 0 Å². The van der Waals surface area contributed by atoms with Gasteiger partial charge in [-0.05, 0) is 26.7 Å². The molecule has 0 fully saturated rings. The number of hydrogen-bond acceptors (Lipinski definition) is 3. The predicted octanol–water partition coefficient (Wildman–Crippen LogP) is 1.01. The van der Waals surface area contributed by atoms with E-state index in [9.17, 15) is 8.42 Å². The molecule has 6 nitrogen and oxygen atoms in total. The Kier molecular flexibility index (Phi) is 10.5. The van der Waals surface area contributed by atoms with Crippen LogP contribution in [0.3, 0.4) is 0 Å². The fourth-order valence-electron chi connectivity index (χ4n) is 1.57. The Bertz CT molecular complexity index is 369. The molecule has 0 radical (unpaired) electrons. The van der Waals surface area contributed by atoms with Gasteiger partial charge in [-0.1, -0.05) is 13.3 Å². The molecule has 0 spiro atoms. The van der Waals surface area contributed by atoms with Crippen molar-refractivity contribution in [2.24, 2.45) is 4.99 Å². The second kappa shape index (κ2) is 10.9. The Morgan fingerprint density at radius 1 is 1.15 bits per heavy atom. The summed E-state index contributed by atoms with van der Waals surface area (Å²) in [6.45, 7) is 8.69. The molecule has 0 aromatic heterocycles. The number of rotatable bonds is 10. The second-order valence-electron chi connectivity index (χ2n) is 4.62. The van der Waals surface area contributed by atoms with Gasteiger partial charge in [-0.3, -0.25) is 4.99 Å². The van der Waals surface area contributed by atoms with Gasteiger partial charge in [-0.2, -0.15) is 0 Å². The SMILES string of the molecule is CCCCNC(=NCCCN(C)S(=O)(=O)CC)NCC. The zero-order valence-corrected chi connectivity index (χ0v) is 14.1. The fraction of sp³-hybridized carbons (Fsp3) is 0.923. The first-order valence-corrected chi connectivity index (χ1v) is 9.05. The average Bonchev–Trinajstić information content (AvgIpc) is 2.43. The van der Waals surface area contributed by atoms with Gasteiger partial charge in [0.15, 0.2) is 5.96 Å². The first-order chi connectivity index (χ1) is 9.47. The molecular weight excluding hydrogens is 276 g/mol. The molecule has 7 heteroatoms. The van der Waals surface area contributed by atoms with E-state index in [4.69, 9.17) is 0 Å². The topological polar surface area (TPSA) is 73.8 Å². The van der Waals surface area contributed by atoms with Crippen LogP contribution in [0.2, 0.25) is 0 Å². The lowest BCUT2D eigenvalue weighted by Crippen LogP contribution is -2.38. The molecule has 20 heavy (non-hydrogen) atoms. The number of sulfonamides is 1. The second-order valence-corrected chi connectivity index (χ2v) is 6.98. The molecule has 0 heterocycles. The Morgan fingerprint density at radius 2 is 1.85 bits per heavy atom. The highest BCUT2D eigenvalue weighted by molar-refractivity contribution is 7.89. The van der Waals surface area contributed by atoms with Crippen LogP contribution in [0.1, 0.15) is 40.0 Å². The molecule has 0 aliphatic rings. The number of hydrogen-bond donors (Lipinski definition) is 2. The minimum Gasteiger partial charge on any atom is -0.357 e. The highest BCUT2D eigenvalue weighted by atomic mass is 32.2. The zero-order valence-electron chi connectivity index (χ0n) is 13.3. The number of aliphatic imine (C=N–C) groups is 1. The molecule has 120 valence electrons. The quantitative estimate of drug-likeness (QED) is 0.359. The van der Waals surface area contributed by atoms with Gasteiger partial charge < -0.3 is 10.6 Å². The lowest BCUT2D eigenvalue weighted by atomic mass is 10.3. The van der Waals surface area contributed by atoms with E-state index in [0.29, 0.717) is 13.1 Å². The molecule has 0 saturated carbocycles. The third-order valence-electron chi connectivity index (χ3n) is 2.91. The number of unbranched alkanes of at least 4 members (excludes halogenated alkanes) is 1. The largest absolute Gasteiger partial charge is 0.357 e. The first kappa shape index (κ1) is 19.2. The van der Waals surface area contributed by atoms with E-state index >= 15 is 0 Å². The van der Waals surface area contributed by atoms with E-state index in [-0.39, 0.29) is 5.75 Å². The van der Waals surface area contributed by atoms with Crippen LogP contribution in [0.5, 0.6) is 0 Å². The van der Waals surface area contributed by atoms with E-state index < -0.39 is 10.0 Å². The zero-order chi connectivity index (χ0) is 15.4. The van der Waals surface area contributed by atoms with Crippen molar-refractivity contribution in [3.05, 3.63) is 0 Å². The normalized spacial score (nSPS) is 12.8. The fourth-order valence-corrected chi connectivity index (χ4v) is 2.42. The minimum atomic E-state index is -3.07. The summed E-state index contributed by atoms with van der Waals surface area (Å²) >= 11 is 0. The summed E-state index contributed by atoms with van der Waals surface area (Å²) in [5, 5.41) is 6.44. The van der Waals surface area contributed by atoms with Gasteiger partial charge >= 0.3 is 0 Å². The van der Waals surface area contributed by atoms with E-state index in [2.05, 4.69) is 22.5 Å². The van der Waals surface area contributed by atoms with Crippen LogP contribution in [-0.2, 0) is 10.0 Å². The molecule has 0 amide bonds. The van der Waals surface area contributed by atoms with Crippen molar-refractivity contribution in [1.29, 1.82) is 0 Å². The van der Waals surface area contributed by atoms with Crippen molar-refractivity contribution in [3.8, 4) is 0 Å². The summed E-state index contributed by atoms with van der Waals surface area (Å²) in [5.41, 5.74) is 0. The molecule has 2 N–H and O–H groups in total. The third-order valence-corrected chi connectivity index (χ3v) is 4.77. The Morgan fingerprint density at radius 3 is 2.40 bits per heavy atom. The van der Waals surface area contributed by atoms with Crippen LogP contribution >= 0.6 is 0 Å². The van der Waals surface area contributed by atoms with Crippen molar-refractivity contribution in [2.75, 3.05) is 39.0 Å². The monoisotopic (exact) mass is 306 g/mol. The van der Waals surface area contributed by atoms with Crippen LogP contribution in [0, 0.1) is 0 Å². The predicted molar refractivity (Wildman–Crippen MR) is 85.6 cm³/mol. The van der Waals surface area contributed by atoms with Gasteiger partial charge in [0.05, 0.1) is 5.75 Å². The highest BCUT2D eigenvalue weighted by Gasteiger charge is 2.13. The molecule has 0 atom stereocenters. The summed E-state index contributed by atoms with van der Waals surface area (Å²) in [4.78, 5) is 4.44. The van der Waals surface area contributed by atoms with Crippen molar-refractivity contribution < 1.29 is 8.42 Å². The smallest absolute Gasteiger partial charge is 0.213 e. The maximum atomic E-state index is 11.6. The van der Waals surface area contributed by atoms with Crippen molar-refractivity contribution >= 4 is 16.0 Å². The molecule has 0 unspecified atom stereocenters. The molecule has 0 saturated heterocycles. The summed E-state index contributed by atoms with van der Waals surface area (Å²) in [6, 6.07) is 0. The molecule has 0 aliphatic heterocycles. The van der Waals surface area contributed by atoms with Gasteiger partial charge in [-0.25, -0.2) is 12.7 Å². The number of nitrogens with one attached hydrogen (secondary N) is 2. The van der Waals surface area contributed by atoms with Crippen LogP contribution in [0.15, 0.2) is 4.99 Å². The lowest BCUT2D eigenvalue weighted by Gasteiger charge is -2.15. The van der Waals surface area contributed by atoms with Crippen LogP contribution in [-0.4, -0.2) is 57.7 Å². The number of nitrogens with zero attached hydrogens (tertiary/aromatic N) is 2. The van der Waals surface area contributed by atoms with E-state index in [1.165, 1.54) is 4.31 Å². The maximum Gasteiger partial charge on any atom is 0.213 e. The third kappa shape index (κ3) is 8.37. The Hall–Kier alpha value is -0.820.